The van der Waals surface area contributed by atoms with Crippen molar-refractivity contribution in [3.05, 3.63) is 17.7 Å². The van der Waals surface area contributed by atoms with E-state index in [2.05, 4.69) is 28.7 Å². The lowest BCUT2D eigenvalue weighted by Crippen LogP contribution is -2.23. The maximum Gasteiger partial charge on any atom is 0.112 e. The van der Waals surface area contributed by atoms with E-state index in [4.69, 9.17) is 5.26 Å². The zero-order valence-electron chi connectivity index (χ0n) is 10.1. The van der Waals surface area contributed by atoms with E-state index in [0.29, 0.717) is 12.3 Å². The monoisotopic (exact) mass is 217 g/mol. The predicted molar refractivity (Wildman–Crippen MR) is 63.0 cm³/mol. The van der Waals surface area contributed by atoms with E-state index < -0.39 is 0 Å². The van der Waals surface area contributed by atoms with Crippen molar-refractivity contribution >= 4 is 0 Å². The zero-order chi connectivity index (χ0) is 11.5. The van der Waals surface area contributed by atoms with Crippen LogP contribution in [0, 0.1) is 24.2 Å². The van der Waals surface area contributed by atoms with Gasteiger partial charge in [-0.3, -0.25) is 0 Å². The maximum atomic E-state index is 8.70. The van der Waals surface area contributed by atoms with E-state index in [9.17, 15) is 0 Å². The van der Waals surface area contributed by atoms with Gasteiger partial charge in [0.15, 0.2) is 0 Å². The third-order valence-electron chi connectivity index (χ3n) is 3.55. The number of nitriles is 1. The van der Waals surface area contributed by atoms with Crippen LogP contribution in [0.15, 0.2) is 6.20 Å². The number of aryl methyl sites for hydroxylation is 1. The molecule has 2 unspecified atom stereocenters. The van der Waals surface area contributed by atoms with Crippen LogP contribution in [0.5, 0.6) is 0 Å². The lowest BCUT2D eigenvalue weighted by Gasteiger charge is -2.29. The first kappa shape index (κ1) is 11.2. The molecule has 1 aromatic heterocycles. The van der Waals surface area contributed by atoms with Gasteiger partial charge in [0.1, 0.15) is 5.82 Å². The third-order valence-corrected chi connectivity index (χ3v) is 3.55. The molecule has 2 atom stereocenters. The molecule has 1 aliphatic rings. The fourth-order valence-electron chi connectivity index (χ4n) is 2.68. The van der Waals surface area contributed by atoms with Crippen molar-refractivity contribution in [1.82, 2.24) is 9.55 Å². The Balaban J connectivity index is 2.21. The average molecular weight is 217 g/mol. The van der Waals surface area contributed by atoms with Gasteiger partial charge in [-0.05, 0) is 25.7 Å². The second kappa shape index (κ2) is 4.69. The van der Waals surface area contributed by atoms with E-state index in [1.54, 1.807) is 0 Å². The van der Waals surface area contributed by atoms with Crippen LogP contribution >= 0.6 is 0 Å². The molecule has 86 valence electrons. The Morgan fingerprint density at radius 1 is 1.62 bits per heavy atom. The summed E-state index contributed by atoms with van der Waals surface area (Å²) in [4.78, 5) is 4.61. The van der Waals surface area contributed by atoms with Crippen molar-refractivity contribution in [1.29, 1.82) is 5.26 Å². The second-order valence-electron chi connectivity index (χ2n) is 4.80. The lowest BCUT2D eigenvalue weighted by molar-refractivity contribution is 0.304. The molecule has 16 heavy (non-hydrogen) atoms. The molecule has 0 amide bonds. The van der Waals surface area contributed by atoms with Crippen molar-refractivity contribution in [3.63, 3.8) is 0 Å². The number of hydrogen-bond donors (Lipinski definition) is 0. The lowest BCUT2D eigenvalue weighted by atomic mass is 9.86. The minimum absolute atomic E-state index is 0.493. The van der Waals surface area contributed by atoms with E-state index >= 15 is 0 Å². The highest BCUT2D eigenvalue weighted by molar-refractivity contribution is 5.10. The van der Waals surface area contributed by atoms with Crippen LogP contribution in [-0.2, 0) is 6.54 Å². The van der Waals surface area contributed by atoms with Gasteiger partial charge in [-0.2, -0.15) is 5.26 Å². The van der Waals surface area contributed by atoms with Crippen LogP contribution < -0.4 is 0 Å². The van der Waals surface area contributed by atoms with Gasteiger partial charge >= 0.3 is 0 Å². The van der Waals surface area contributed by atoms with Crippen LogP contribution in [-0.4, -0.2) is 9.55 Å². The first-order chi connectivity index (χ1) is 7.74. The van der Waals surface area contributed by atoms with Crippen molar-refractivity contribution in [2.75, 3.05) is 0 Å². The summed E-state index contributed by atoms with van der Waals surface area (Å²) in [5.74, 6) is 2.45. The minimum atomic E-state index is 0.493. The van der Waals surface area contributed by atoms with Crippen LogP contribution in [0.2, 0.25) is 0 Å². The Morgan fingerprint density at radius 3 is 3.12 bits per heavy atom. The fourth-order valence-corrected chi connectivity index (χ4v) is 2.68. The van der Waals surface area contributed by atoms with Crippen LogP contribution in [0.1, 0.15) is 50.0 Å². The highest BCUT2D eigenvalue weighted by Crippen LogP contribution is 2.34. The number of rotatable bonds is 3. The molecule has 0 radical (unpaired) electrons. The smallest absolute Gasteiger partial charge is 0.112 e. The highest BCUT2D eigenvalue weighted by Gasteiger charge is 2.27. The van der Waals surface area contributed by atoms with Crippen molar-refractivity contribution < 1.29 is 0 Å². The highest BCUT2D eigenvalue weighted by atomic mass is 15.1. The molecule has 2 heterocycles. The summed E-state index contributed by atoms with van der Waals surface area (Å²) in [5.41, 5.74) is 1.11. The standard InChI is InChI=1S/C13H19N3/c1-3-11-7-12(5-4-6-14)13-15-10(2)8-16(13)9-11/h8,11-12H,3-5,7,9H2,1-2H3. The molecular weight excluding hydrogens is 198 g/mol. The molecule has 3 heteroatoms. The van der Waals surface area contributed by atoms with Crippen molar-refractivity contribution in [2.45, 2.75) is 52.0 Å². The molecule has 0 aromatic carbocycles. The van der Waals surface area contributed by atoms with Gasteiger partial charge < -0.3 is 4.57 Å². The molecule has 0 N–H and O–H groups in total. The summed E-state index contributed by atoms with van der Waals surface area (Å²) in [6.07, 6.45) is 6.18. The van der Waals surface area contributed by atoms with Crippen LogP contribution in [0.3, 0.4) is 0 Å². The number of nitrogens with zero attached hydrogens (tertiary/aromatic N) is 3. The molecule has 2 rings (SSSR count). The number of imidazole rings is 1. The summed E-state index contributed by atoms with van der Waals surface area (Å²) < 4.78 is 2.30. The normalized spacial score (nSPS) is 23.8. The molecule has 0 saturated heterocycles. The Kier molecular flexibility index (Phi) is 3.28. The molecule has 0 saturated carbocycles. The molecule has 3 nitrogen and oxygen atoms in total. The Bertz CT molecular complexity index is 400. The first-order valence-corrected chi connectivity index (χ1v) is 6.15. The van der Waals surface area contributed by atoms with E-state index in [0.717, 1.165) is 24.6 Å². The summed E-state index contributed by atoms with van der Waals surface area (Å²) in [6.45, 7) is 5.41. The molecule has 0 spiro atoms. The average Bonchev–Trinajstić information content (AvgIpc) is 2.65. The number of aromatic nitrogens is 2. The predicted octanol–water partition coefficient (Wildman–Crippen LogP) is 3.01. The molecule has 1 aliphatic heterocycles. The molecule has 0 aliphatic carbocycles. The van der Waals surface area contributed by atoms with Gasteiger partial charge in [-0.15, -0.1) is 0 Å². The third kappa shape index (κ3) is 2.11. The topological polar surface area (TPSA) is 41.6 Å². The first-order valence-electron chi connectivity index (χ1n) is 6.15. The van der Waals surface area contributed by atoms with Crippen molar-refractivity contribution in [2.24, 2.45) is 5.92 Å². The van der Waals surface area contributed by atoms with Gasteiger partial charge in [-0.25, -0.2) is 4.98 Å². The number of hydrogen-bond acceptors (Lipinski definition) is 2. The van der Waals surface area contributed by atoms with E-state index in [-0.39, 0.29) is 0 Å². The van der Waals surface area contributed by atoms with E-state index in [1.165, 1.54) is 18.7 Å². The quantitative estimate of drug-likeness (QED) is 0.781. The molecular formula is C13H19N3. The molecule has 1 aromatic rings. The van der Waals surface area contributed by atoms with Crippen molar-refractivity contribution in [3.8, 4) is 6.07 Å². The second-order valence-corrected chi connectivity index (χ2v) is 4.80. The summed E-state index contributed by atoms with van der Waals surface area (Å²) in [7, 11) is 0. The summed E-state index contributed by atoms with van der Waals surface area (Å²) in [5, 5.41) is 8.70. The molecule has 0 bridgehead atoms. The minimum Gasteiger partial charge on any atom is -0.334 e. The molecule has 0 fully saturated rings. The Morgan fingerprint density at radius 2 is 2.44 bits per heavy atom. The Labute approximate surface area is 97.1 Å². The van der Waals surface area contributed by atoms with Gasteiger partial charge in [0, 0.05) is 25.1 Å². The van der Waals surface area contributed by atoms with Gasteiger partial charge in [0.05, 0.1) is 11.8 Å². The largest absolute Gasteiger partial charge is 0.334 e. The fraction of sp³-hybridized carbons (Fsp3) is 0.692. The van der Waals surface area contributed by atoms with Gasteiger partial charge in [-0.1, -0.05) is 13.3 Å². The van der Waals surface area contributed by atoms with Crippen LogP contribution in [0.4, 0.5) is 0 Å². The van der Waals surface area contributed by atoms with Gasteiger partial charge in [0.2, 0.25) is 0 Å². The zero-order valence-corrected chi connectivity index (χ0v) is 10.1. The van der Waals surface area contributed by atoms with Crippen LogP contribution in [0.25, 0.3) is 0 Å². The Hall–Kier alpha value is -1.30. The number of fused-ring (bicyclic) bond motifs is 1. The van der Waals surface area contributed by atoms with E-state index in [1.807, 2.05) is 6.92 Å². The maximum absolute atomic E-state index is 8.70. The summed E-state index contributed by atoms with van der Waals surface area (Å²) in [6, 6.07) is 2.25. The summed E-state index contributed by atoms with van der Waals surface area (Å²) >= 11 is 0. The van der Waals surface area contributed by atoms with Gasteiger partial charge in [0.25, 0.3) is 0 Å². The SMILES string of the molecule is CCC1CC(CCC#N)c2nc(C)cn2C1.